The molecule has 128 valence electrons. The lowest BCUT2D eigenvalue weighted by Crippen LogP contribution is -2.45. The van der Waals surface area contributed by atoms with Crippen molar-refractivity contribution in [3.05, 3.63) is 47.3 Å². The number of anilines is 1. The standard InChI is InChI=1S/C19H26N4O/c1-13-6-4-5-7-17(13)20-19(24)15(3)23-10-8-16(9-11-23)18-12-14(2)21-22-18/h4-7,12,15-16H,8-11H2,1-3H3,(H,20,24)(H,21,22)/t15-/m0/s1. The molecular weight excluding hydrogens is 300 g/mol. The van der Waals surface area contributed by atoms with Gasteiger partial charge in [-0.05, 0) is 64.4 Å². The number of nitrogens with zero attached hydrogens (tertiary/aromatic N) is 2. The molecule has 5 heteroatoms. The molecule has 0 radical (unpaired) electrons. The van der Waals surface area contributed by atoms with E-state index in [9.17, 15) is 4.79 Å². The van der Waals surface area contributed by atoms with Crippen LogP contribution in [-0.2, 0) is 4.79 Å². The zero-order valence-electron chi connectivity index (χ0n) is 14.7. The molecule has 2 aromatic rings. The highest BCUT2D eigenvalue weighted by Crippen LogP contribution is 2.28. The van der Waals surface area contributed by atoms with Crippen LogP contribution in [0.2, 0.25) is 0 Å². The van der Waals surface area contributed by atoms with Gasteiger partial charge in [0.05, 0.1) is 11.7 Å². The molecule has 1 fully saturated rings. The fourth-order valence-electron chi connectivity index (χ4n) is 3.35. The van der Waals surface area contributed by atoms with Gasteiger partial charge in [0.2, 0.25) is 5.91 Å². The molecule has 2 heterocycles. The molecule has 3 rings (SSSR count). The van der Waals surface area contributed by atoms with Gasteiger partial charge >= 0.3 is 0 Å². The van der Waals surface area contributed by atoms with Crippen LogP contribution in [-0.4, -0.2) is 40.1 Å². The molecule has 5 nitrogen and oxygen atoms in total. The molecule has 0 aliphatic carbocycles. The van der Waals surface area contributed by atoms with Crippen molar-refractivity contribution in [2.75, 3.05) is 18.4 Å². The first-order valence-corrected chi connectivity index (χ1v) is 8.67. The molecule has 0 spiro atoms. The average Bonchev–Trinajstić information content (AvgIpc) is 3.03. The number of aromatic nitrogens is 2. The van der Waals surface area contributed by atoms with Gasteiger partial charge in [0.25, 0.3) is 0 Å². The van der Waals surface area contributed by atoms with Crippen LogP contribution in [0.1, 0.15) is 42.6 Å². The third-order valence-corrected chi connectivity index (χ3v) is 5.00. The number of benzene rings is 1. The largest absolute Gasteiger partial charge is 0.324 e. The summed E-state index contributed by atoms with van der Waals surface area (Å²) in [4.78, 5) is 14.8. The number of amides is 1. The van der Waals surface area contributed by atoms with Crippen LogP contribution in [0.15, 0.2) is 30.3 Å². The number of H-pyrrole nitrogens is 1. The number of rotatable bonds is 4. The summed E-state index contributed by atoms with van der Waals surface area (Å²) in [5.74, 6) is 0.566. The predicted molar refractivity (Wildman–Crippen MR) is 96.1 cm³/mol. The Bertz CT molecular complexity index is 701. The van der Waals surface area contributed by atoms with Crippen LogP contribution in [0, 0.1) is 13.8 Å². The van der Waals surface area contributed by atoms with Gasteiger partial charge in [0.15, 0.2) is 0 Å². The van der Waals surface area contributed by atoms with E-state index in [1.807, 2.05) is 45.0 Å². The van der Waals surface area contributed by atoms with E-state index in [2.05, 4.69) is 26.5 Å². The average molecular weight is 326 g/mol. The van der Waals surface area contributed by atoms with E-state index in [1.165, 1.54) is 0 Å². The SMILES string of the molecule is Cc1cc(C2CCN([C@@H](C)C(=O)Nc3ccccc3C)CC2)n[nH]1. The molecule has 1 amide bonds. The zero-order valence-corrected chi connectivity index (χ0v) is 14.7. The second-order valence-corrected chi connectivity index (χ2v) is 6.77. The number of hydrogen-bond donors (Lipinski definition) is 2. The summed E-state index contributed by atoms with van der Waals surface area (Å²) < 4.78 is 0. The number of carbonyl (C=O) groups excluding carboxylic acids is 1. The number of para-hydroxylation sites is 1. The zero-order chi connectivity index (χ0) is 17.1. The van der Waals surface area contributed by atoms with Crippen LogP contribution in [0.5, 0.6) is 0 Å². The molecule has 1 aromatic heterocycles. The summed E-state index contributed by atoms with van der Waals surface area (Å²) in [7, 11) is 0. The van der Waals surface area contributed by atoms with Gasteiger partial charge in [0, 0.05) is 17.3 Å². The Morgan fingerprint density at radius 2 is 2.00 bits per heavy atom. The fraction of sp³-hybridized carbons (Fsp3) is 0.474. The highest BCUT2D eigenvalue weighted by molar-refractivity contribution is 5.95. The van der Waals surface area contributed by atoms with Crippen molar-refractivity contribution in [2.24, 2.45) is 0 Å². The first-order chi connectivity index (χ1) is 11.5. The van der Waals surface area contributed by atoms with Crippen LogP contribution in [0.3, 0.4) is 0 Å². The van der Waals surface area contributed by atoms with Crippen molar-refractivity contribution in [1.29, 1.82) is 0 Å². The fourth-order valence-corrected chi connectivity index (χ4v) is 3.35. The van der Waals surface area contributed by atoms with E-state index in [-0.39, 0.29) is 11.9 Å². The van der Waals surface area contributed by atoms with Gasteiger partial charge in [-0.25, -0.2) is 0 Å². The van der Waals surface area contributed by atoms with Crippen molar-refractivity contribution >= 4 is 11.6 Å². The third kappa shape index (κ3) is 3.67. The monoisotopic (exact) mass is 326 g/mol. The minimum absolute atomic E-state index is 0.0679. The molecule has 24 heavy (non-hydrogen) atoms. The van der Waals surface area contributed by atoms with Gasteiger partial charge in [-0.15, -0.1) is 0 Å². The summed E-state index contributed by atoms with van der Waals surface area (Å²) >= 11 is 0. The molecule has 1 aromatic carbocycles. The first kappa shape index (κ1) is 16.7. The summed E-state index contributed by atoms with van der Waals surface area (Å²) in [6, 6.07) is 9.91. The second kappa shape index (κ2) is 7.18. The van der Waals surface area contributed by atoms with Crippen molar-refractivity contribution in [2.45, 2.75) is 45.6 Å². The Morgan fingerprint density at radius 1 is 1.29 bits per heavy atom. The molecule has 1 saturated heterocycles. The number of likely N-dealkylation sites (tertiary alicyclic amines) is 1. The summed E-state index contributed by atoms with van der Waals surface area (Å²) in [6.07, 6.45) is 2.10. The highest BCUT2D eigenvalue weighted by atomic mass is 16.2. The van der Waals surface area contributed by atoms with Crippen molar-refractivity contribution in [1.82, 2.24) is 15.1 Å². The molecule has 0 saturated carbocycles. The molecule has 1 atom stereocenters. The quantitative estimate of drug-likeness (QED) is 0.907. The van der Waals surface area contributed by atoms with Gasteiger partial charge in [-0.3, -0.25) is 14.8 Å². The minimum atomic E-state index is -0.119. The Kier molecular flexibility index (Phi) is 5.00. The van der Waals surface area contributed by atoms with Crippen molar-refractivity contribution in [3.8, 4) is 0 Å². The Balaban J connectivity index is 1.55. The molecule has 2 N–H and O–H groups in total. The van der Waals surface area contributed by atoms with E-state index in [0.29, 0.717) is 5.92 Å². The number of piperidine rings is 1. The molecule has 1 aliphatic heterocycles. The van der Waals surface area contributed by atoms with Gasteiger partial charge < -0.3 is 5.32 Å². The number of carbonyl (C=O) groups is 1. The van der Waals surface area contributed by atoms with Crippen LogP contribution < -0.4 is 5.32 Å². The summed E-state index contributed by atoms with van der Waals surface area (Å²) in [6.45, 7) is 7.89. The minimum Gasteiger partial charge on any atom is -0.324 e. The molecule has 0 bridgehead atoms. The van der Waals surface area contributed by atoms with E-state index in [1.54, 1.807) is 0 Å². The van der Waals surface area contributed by atoms with E-state index >= 15 is 0 Å². The Morgan fingerprint density at radius 3 is 2.62 bits per heavy atom. The van der Waals surface area contributed by atoms with E-state index in [0.717, 1.165) is 48.6 Å². The topological polar surface area (TPSA) is 61.0 Å². The number of nitrogens with one attached hydrogen (secondary N) is 2. The highest BCUT2D eigenvalue weighted by Gasteiger charge is 2.28. The lowest BCUT2D eigenvalue weighted by molar-refractivity contribution is -0.121. The smallest absolute Gasteiger partial charge is 0.241 e. The summed E-state index contributed by atoms with van der Waals surface area (Å²) in [5.41, 5.74) is 4.25. The van der Waals surface area contributed by atoms with E-state index < -0.39 is 0 Å². The third-order valence-electron chi connectivity index (χ3n) is 5.00. The Hall–Kier alpha value is -2.14. The van der Waals surface area contributed by atoms with Gasteiger partial charge in [-0.1, -0.05) is 18.2 Å². The first-order valence-electron chi connectivity index (χ1n) is 8.67. The van der Waals surface area contributed by atoms with Crippen LogP contribution in [0.25, 0.3) is 0 Å². The molecule has 0 unspecified atom stereocenters. The maximum Gasteiger partial charge on any atom is 0.241 e. The van der Waals surface area contributed by atoms with Crippen LogP contribution in [0.4, 0.5) is 5.69 Å². The molecule has 1 aliphatic rings. The van der Waals surface area contributed by atoms with Gasteiger partial charge in [-0.2, -0.15) is 5.10 Å². The number of aryl methyl sites for hydroxylation is 2. The predicted octanol–water partition coefficient (Wildman–Crippen LogP) is 3.23. The Labute approximate surface area is 143 Å². The normalized spacial score (nSPS) is 17.6. The van der Waals surface area contributed by atoms with Crippen molar-refractivity contribution < 1.29 is 4.79 Å². The maximum atomic E-state index is 12.5. The summed E-state index contributed by atoms with van der Waals surface area (Å²) in [5, 5.41) is 10.5. The van der Waals surface area contributed by atoms with Gasteiger partial charge in [0.1, 0.15) is 0 Å². The van der Waals surface area contributed by atoms with Crippen LogP contribution >= 0.6 is 0 Å². The lowest BCUT2D eigenvalue weighted by Gasteiger charge is -2.34. The maximum absolute atomic E-state index is 12.5. The lowest BCUT2D eigenvalue weighted by atomic mass is 9.92. The second-order valence-electron chi connectivity index (χ2n) is 6.77. The van der Waals surface area contributed by atoms with Crippen molar-refractivity contribution in [3.63, 3.8) is 0 Å². The number of hydrogen-bond acceptors (Lipinski definition) is 3. The van der Waals surface area contributed by atoms with E-state index in [4.69, 9.17) is 0 Å². The molecular formula is C19H26N4O. The number of aromatic amines is 1.